The van der Waals surface area contributed by atoms with Crippen molar-refractivity contribution in [3.63, 3.8) is 0 Å². The van der Waals surface area contributed by atoms with E-state index in [4.69, 9.17) is 10.3 Å². The highest BCUT2D eigenvalue weighted by atomic mass is 32.1. The van der Waals surface area contributed by atoms with Crippen LogP contribution in [0, 0.1) is 5.92 Å². The maximum absolute atomic E-state index is 6.01. The first-order valence-corrected chi connectivity index (χ1v) is 7.54. The molecule has 0 atom stereocenters. The van der Waals surface area contributed by atoms with Gasteiger partial charge in [-0.3, -0.25) is 4.98 Å². The Morgan fingerprint density at radius 2 is 2.26 bits per heavy atom. The van der Waals surface area contributed by atoms with Gasteiger partial charge in [-0.05, 0) is 31.6 Å². The number of nitrogens with two attached hydrogens (primary N) is 1. The van der Waals surface area contributed by atoms with Crippen LogP contribution in [-0.2, 0) is 5.41 Å². The Morgan fingerprint density at radius 1 is 1.47 bits per heavy atom. The number of hydrogen-bond acceptors (Lipinski definition) is 6. The van der Waals surface area contributed by atoms with Gasteiger partial charge >= 0.3 is 0 Å². The van der Waals surface area contributed by atoms with Gasteiger partial charge < -0.3 is 10.3 Å². The smallest absolute Gasteiger partial charge is 0.234 e. The van der Waals surface area contributed by atoms with E-state index >= 15 is 0 Å². The molecule has 0 unspecified atom stereocenters. The van der Waals surface area contributed by atoms with E-state index in [9.17, 15) is 0 Å². The second-order valence-electron chi connectivity index (χ2n) is 5.46. The molecule has 2 aromatic heterocycles. The minimum Gasteiger partial charge on any atom is -0.338 e. The zero-order valence-electron chi connectivity index (χ0n) is 11.0. The second-order valence-corrected chi connectivity index (χ2v) is 6.34. The maximum Gasteiger partial charge on any atom is 0.234 e. The summed E-state index contributed by atoms with van der Waals surface area (Å²) in [6.07, 6.45) is 6.19. The SMILES string of the molecule is CC1CCC(CN)(c2nc(-c3cncs3)no2)CC1. The Bertz CT molecular complexity index is 529. The van der Waals surface area contributed by atoms with Crippen LogP contribution >= 0.6 is 11.3 Å². The zero-order valence-corrected chi connectivity index (χ0v) is 11.8. The minimum absolute atomic E-state index is 0.123. The highest BCUT2D eigenvalue weighted by Gasteiger charge is 2.39. The molecule has 1 saturated carbocycles. The van der Waals surface area contributed by atoms with Crippen molar-refractivity contribution in [2.24, 2.45) is 11.7 Å². The first-order valence-electron chi connectivity index (χ1n) is 6.67. The molecular formula is C13H18N4OS. The van der Waals surface area contributed by atoms with E-state index in [1.807, 2.05) is 0 Å². The van der Waals surface area contributed by atoms with Crippen molar-refractivity contribution in [3.8, 4) is 10.7 Å². The van der Waals surface area contributed by atoms with Gasteiger partial charge in [0.25, 0.3) is 0 Å². The van der Waals surface area contributed by atoms with Crippen molar-refractivity contribution in [2.75, 3.05) is 6.54 Å². The molecule has 0 saturated heterocycles. The molecule has 102 valence electrons. The Morgan fingerprint density at radius 3 is 2.89 bits per heavy atom. The number of rotatable bonds is 3. The molecule has 2 heterocycles. The summed E-state index contributed by atoms with van der Waals surface area (Å²) < 4.78 is 5.50. The molecule has 0 amide bonds. The fourth-order valence-electron chi connectivity index (χ4n) is 2.69. The van der Waals surface area contributed by atoms with Crippen LogP contribution in [0.3, 0.4) is 0 Å². The Kier molecular flexibility index (Phi) is 3.36. The van der Waals surface area contributed by atoms with E-state index in [1.165, 1.54) is 24.2 Å². The predicted molar refractivity (Wildman–Crippen MR) is 73.8 cm³/mol. The van der Waals surface area contributed by atoms with Gasteiger partial charge in [-0.1, -0.05) is 12.1 Å². The monoisotopic (exact) mass is 278 g/mol. The minimum atomic E-state index is -0.123. The molecule has 0 bridgehead atoms. The Labute approximate surface area is 116 Å². The van der Waals surface area contributed by atoms with Gasteiger partial charge in [-0.25, -0.2) is 0 Å². The first kappa shape index (κ1) is 12.7. The van der Waals surface area contributed by atoms with Crippen LogP contribution in [-0.4, -0.2) is 21.7 Å². The van der Waals surface area contributed by atoms with Crippen LogP contribution in [0.2, 0.25) is 0 Å². The van der Waals surface area contributed by atoms with E-state index < -0.39 is 0 Å². The third-order valence-electron chi connectivity index (χ3n) is 4.15. The molecule has 6 heteroatoms. The normalized spacial score (nSPS) is 27.6. The first-order chi connectivity index (χ1) is 9.23. The molecule has 1 fully saturated rings. The van der Waals surface area contributed by atoms with Gasteiger partial charge in [-0.15, -0.1) is 11.3 Å². The summed E-state index contributed by atoms with van der Waals surface area (Å²) in [6.45, 7) is 2.86. The van der Waals surface area contributed by atoms with Crippen LogP contribution in [0.1, 0.15) is 38.5 Å². The van der Waals surface area contributed by atoms with Crippen molar-refractivity contribution in [3.05, 3.63) is 17.6 Å². The summed E-state index contributed by atoms with van der Waals surface area (Å²) in [7, 11) is 0. The lowest BCUT2D eigenvalue weighted by Gasteiger charge is -2.35. The van der Waals surface area contributed by atoms with E-state index in [-0.39, 0.29) is 5.41 Å². The van der Waals surface area contributed by atoms with E-state index in [0.717, 1.165) is 23.6 Å². The van der Waals surface area contributed by atoms with Crippen LogP contribution < -0.4 is 5.73 Å². The second kappa shape index (κ2) is 5.02. The molecule has 2 aromatic rings. The summed E-state index contributed by atoms with van der Waals surface area (Å²) in [5.41, 5.74) is 7.65. The summed E-state index contributed by atoms with van der Waals surface area (Å²) in [5, 5.41) is 4.07. The lowest BCUT2D eigenvalue weighted by molar-refractivity contribution is 0.191. The van der Waals surface area contributed by atoms with Gasteiger partial charge in [0.1, 0.15) is 0 Å². The van der Waals surface area contributed by atoms with Crippen LogP contribution in [0.15, 0.2) is 16.2 Å². The molecule has 1 aliphatic rings. The van der Waals surface area contributed by atoms with Crippen molar-refractivity contribution < 1.29 is 4.52 Å². The van der Waals surface area contributed by atoms with Crippen molar-refractivity contribution in [1.29, 1.82) is 0 Å². The number of aromatic nitrogens is 3. The lowest BCUT2D eigenvalue weighted by atomic mass is 9.71. The molecule has 0 aliphatic heterocycles. The molecule has 2 N–H and O–H groups in total. The van der Waals surface area contributed by atoms with E-state index in [1.54, 1.807) is 11.7 Å². The predicted octanol–water partition coefficient (Wildman–Crippen LogP) is 2.60. The molecule has 3 rings (SSSR count). The van der Waals surface area contributed by atoms with Gasteiger partial charge in [-0.2, -0.15) is 4.98 Å². The van der Waals surface area contributed by atoms with Crippen molar-refractivity contribution in [2.45, 2.75) is 38.0 Å². The average Bonchev–Trinajstić information content (AvgIpc) is 3.11. The van der Waals surface area contributed by atoms with E-state index in [0.29, 0.717) is 18.3 Å². The molecule has 5 nitrogen and oxygen atoms in total. The van der Waals surface area contributed by atoms with Gasteiger partial charge in [0.2, 0.25) is 11.7 Å². The van der Waals surface area contributed by atoms with Gasteiger partial charge in [0.15, 0.2) is 0 Å². The summed E-state index contributed by atoms with van der Waals surface area (Å²) >= 11 is 1.52. The molecule has 0 aromatic carbocycles. The maximum atomic E-state index is 6.01. The highest BCUT2D eigenvalue weighted by molar-refractivity contribution is 7.13. The van der Waals surface area contributed by atoms with Crippen molar-refractivity contribution in [1.82, 2.24) is 15.1 Å². The molecule has 1 aliphatic carbocycles. The summed E-state index contributed by atoms with van der Waals surface area (Å²) in [4.78, 5) is 9.53. The van der Waals surface area contributed by atoms with Crippen LogP contribution in [0.25, 0.3) is 10.7 Å². The summed E-state index contributed by atoms with van der Waals surface area (Å²) in [5.74, 6) is 2.10. The van der Waals surface area contributed by atoms with Gasteiger partial charge in [0, 0.05) is 12.7 Å². The topological polar surface area (TPSA) is 77.8 Å². The standard InChI is InChI=1S/C13H18N4OS/c1-9-2-4-13(7-14,5-3-9)12-16-11(17-18-12)10-6-15-8-19-10/h6,8-9H,2-5,7,14H2,1H3. The Hall–Kier alpha value is -1.27. The average molecular weight is 278 g/mol. The molecular weight excluding hydrogens is 260 g/mol. The fraction of sp³-hybridized carbons (Fsp3) is 0.615. The quantitative estimate of drug-likeness (QED) is 0.933. The third-order valence-corrected chi connectivity index (χ3v) is 4.92. The van der Waals surface area contributed by atoms with Crippen LogP contribution in [0.4, 0.5) is 0 Å². The van der Waals surface area contributed by atoms with Crippen molar-refractivity contribution >= 4 is 11.3 Å². The third kappa shape index (κ3) is 2.30. The lowest BCUT2D eigenvalue weighted by Crippen LogP contribution is -2.39. The Balaban J connectivity index is 1.88. The number of nitrogens with zero attached hydrogens (tertiary/aromatic N) is 3. The number of thiazole rings is 1. The highest BCUT2D eigenvalue weighted by Crippen LogP contribution is 2.40. The van der Waals surface area contributed by atoms with E-state index in [2.05, 4.69) is 22.0 Å². The summed E-state index contributed by atoms with van der Waals surface area (Å²) in [6, 6.07) is 0. The molecule has 0 radical (unpaired) electrons. The number of hydrogen-bond donors (Lipinski definition) is 1. The fourth-order valence-corrected chi connectivity index (χ4v) is 3.23. The van der Waals surface area contributed by atoms with Crippen LogP contribution in [0.5, 0.6) is 0 Å². The zero-order chi connectivity index (χ0) is 13.3. The largest absolute Gasteiger partial charge is 0.338 e. The molecule has 0 spiro atoms. The van der Waals surface area contributed by atoms with Gasteiger partial charge in [0.05, 0.1) is 15.8 Å². The molecule has 19 heavy (non-hydrogen) atoms.